The molecule has 0 bridgehead atoms. The van der Waals surface area contributed by atoms with Gasteiger partial charge in [-0.2, -0.15) is 0 Å². The molecular formula is C17H19NO2. The van der Waals surface area contributed by atoms with Crippen LogP contribution in [0.5, 0.6) is 0 Å². The molecule has 0 aliphatic carbocycles. The van der Waals surface area contributed by atoms with Crippen LogP contribution in [0.3, 0.4) is 0 Å². The highest BCUT2D eigenvalue weighted by Crippen LogP contribution is 2.31. The van der Waals surface area contributed by atoms with Crippen molar-refractivity contribution in [3.05, 3.63) is 71.8 Å². The van der Waals surface area contributed by atoms with Gasteiger partial charge < -0.3 is 9.84 Å². The smallest absolute Gasteiger partial charge is 0.137 e. The molecule has 0 aromatic heterocycles. The molecule has 1 aliphatic heterocycles. The Morgan fingerprint density at radius 1 is 1.00 bits per heavy atom. The Bertz CT molecular complexity index is 529. The molecule has 1 unspecified atom stereocenters. The summed E-state index contributed by atoms with van der Waals surface area (Å²) in [6.45, 7) is 1.65. The van der Waals surface area contributed by atoms with Crippen molar-refractivity contribution in [1.82, 2.24) is 4.90 Å². The minimum atomic E-state index is -0.107. The van der Waals surface area contributed by atoms with Crippen molar-refractivity contribution < 1.29 is 9.84 Å². The summed E-state index contributed by atoms with van der Waals surface area (Å²) in [5, 5.41) is 9.36. The van der Waals surface area contributed by atoms with Crippen molar-refractivity contribution in [1.29, 1.82) is 0 Å². The highest BCUT2D eigenvalue weighted by Gasteiger charge is 2.33. The van der Waals surface area contributed by atoms with Crippen molar-refractivity contribution in [2.24, 2.45) is 0 Å². The van der Waals surface area contributed by atoms with Crippen LogP contribution in [-0.4, -0.2) is 29.3 Å². The number of hydrogen-bond acceptors (Lipinski definition) is 3. The lowest BCUT2D eigenvalue weighted by molar-refractivity contribution is -0.0215. The van der Waals surface area contributed by atoms with Crippen LogP contribution in [0.15, 0.2) is 60.7 Å². The first kappa shape index (κ1) is 13.3. The summed E-state index contributed by atoms with van der Waals surface area (Å²) in [7, 11) is 0. The Morgan fingerprint density at radius 3 is 2.30 bits per heavy atom. The molecule has 2 aromatic rings. The largest absolute Gasteiger partial charge is 0.394 e. The molecule has 2 aromatic carbocycles. The molecule has 3 rings (SSSR count). The summed E-state index contributed by atoms with van der Waals surface area (Å²) < 4.78 is 5.96. The fourth-order valence-corrected chi connectivity index (χ4v) is 2.64. The van der Waals surface area contributed by atoms with E-state index in [1.807, 2.05) is 36.4 Å². The van der Waals surface area contributed by atoms with Gasteiger partial charge in [0, 0.05) is 13.1 Å². The molecule has 1 aliphatic rings. The summed E-state index contributed by atoms with van der Waals surface area (Å²) in [6.07, 6.45) is -0.183. The second kappa shape index (κ2) is 6.18. The van der Waals surface area contributed by atoms with E-state index >= 15 is 0 Å². The van der Waals surface area contributed by atoms with E-state index in [2.05, 4.69) is 29.2 Å². The van der Waals surface area contributed by atoms with Crippen LogP contribution >= 0.6 is 0 Å². The Balaban J connectivity index is 1.80. The third-order valence-electron chi connectivity index (χ3n) is 3.61. The van der Waals surface area contributed by atoms with Crippen LogP contribution in [0.1, 0.15) is 17.4 Å². The molecule has 0 radical (unpaired) electrons. The number of nitrogens with zero attached hydrogens (tertiary/aromatic N) is 1. The Morgan fingerprint density at radius 2 is 1.65 bits per heavy atom. The maximum atomic E-state index is 9.36. The van der Waals surface area contributed by atoms with Gasteiger partial charge in [0.25, 0.3) is 0 Å². The van der Waals surface area contributed by atoms with Crippen molar-refractivity contribution >= 4 is 0 Å². The van der Waals surface area contributed by atoms with Crippen LogP contribution in [0.2, 0.25) is 0 Å². The SMILES string of the molecule is OCC1CN(Cc2ccccc2)[C@H](c2ccccc2)O1. The van der Waals surface area contributed by atoms with Gasteiger partial charge in [0.1, 0.15) is 6.23 Å². The highest BCUT2D eigenvalue weighted by atomic mass is 16.5. The first-order valence-corrected chi connectivity index (χ1v) is 6.96. The van der Waals surface area contributed by atoms with Crippen LogP contribution in [0.25, 0.3) is 0 Å². The number of aliphatic hydroxyl groups excluding tert-OH is 1. The van der Waals surface area contributed by atoms with Gasteiger partial charge >= 0.3 is 0 Å². The van der Waals surface area contributed by atoms with E-state index in [1.54, 1.807) is 0 Å². The van der Waals surface area contributed by atoms with E-state index < -0.39 is 0 Å². The van der Waals surface area contributed by atoms with Gasteiger partial charge in [0.05, 0.1) is 12.7 Å². The summed E-state index contributed by atoms with van der Waals surface area (Å²) in [6, 6.07) is 20.5. The zero-order valence-electron chi connectivity index (χ0n) is 11.4. The van der Waals surface area contributed by atoms with Gasteiger partial charge in [0.15, 0.2) is 0 Å². The predicted octanol–water partition coefficient (Wildman–Crippen LogP) is 2.58. The van der Waals surface area contributed by atoms with Gasteiger partial charge in [-0.05, 0) is 11.1 Å². The lowest BCUT2D eigenvalue weighted by atomic mass is 10.1. The van der Waals surface area contributed by atoms with E-state index in [0.717, 1.165) is 18.7 Å². The number of rotatable bonds is 4. The molecule has 20 heavy (non-hydrogen) atoms. The first-order chi connectivity index (χ1) is 9.86. The fraction of sp³-hybridized carbons (Fsp3) is 0.294. The summed E-state index contributed by atoms with van der Waals surface area (Å²) in [5.74, 6) is 0. The Kier molecular flexibility index (Phi) is 4.11. The molecule has 0 amide bonds. The zero-order chi connectivity index (χ0) is 13.8. The minimum Gasteiger partial charge on any atom is -0.394 e. The van der Waals surface area contributed by atoms with Crippen molar-refractivity contribution in [2.75, 3.05) is 13.2 Å². The van der Waals surface area contributed by atoms with Gasteiger partial charge in [-0.15, -0.1) is 0 Å². The zero-order valence-corrected chi connectivity index (χ0v) is 11.4. The van der Waals surface area contributed by atoms with Crippen LogP contribution in [0.4, 0.5) is 0 Å². The van der Waals surface area contributed by atoms with Crippen LogP contribution < -0.4 is 0 Å². The van der Waals surface area contributed by atoms with Gasteiger partial charge in [-0.3, -0.25) is 4.90 Å². The fourth-order valence-electron chi connectivity index (χ4n) is 2.64. The van der Waals surface area contributed by atoms with Gasteiger partial charge in [-0.25, -0.2) is 0 Å². The second-order valence-corrected chi connectivity index (χ2v) is 5.12. The molecule has 0 spiro atoms. The molecule has 1 heterocycles. The third-order valence-corrected chi connectivity index (χ3v) is 3.61. The second-order valence-electron chi connectivity index (χ2n) is 5.12. The number of hydrogen-bond donors (Lipinski definition) is 1. The topological polar surface area (TPSA) is 32.7 Å². The summed E-state index contributed by atoms with van der Waals surface area (Å²) in [4.78, 5) is 2.27. The molecule has 1 N–H and O–H groups in total. The standard InChI is InChI=1S/C17H19NO2/c19-13-16-12-18(11-14-7-3-1-4-8-14)17(20-16)15-9-5-2-6-10-15/h1-10,16-17,19H,11-13H2/t16?,17-/m0/s1. The van der Waals surface area contributed by atoms with Gasteiger partial charge in [0.2, 0.25) is 0 Å². The predicted molar refractivity (Wildman–Crippen MR) is 78.0 cm³/mol. The van der Waals surface area contributed by atoms with E-state index in [9.17, 15) is 5.11 Å². The molecule has 3 heteroatoms. The van der Waals surface area contributed by atoms with Crippen molar-refractivity contribution in [3.63, 3.8) is 0 Å². The quantitative estimate of drug-likeness (QED) is 0.926. The Labute approximate surface area is 119 Å². The van der Waals surface area contributed by atoms with Crippen molar-refractivity contribution in [2.45, 2.75) is 18.9 Å². The highest BCUT2D eigenvalue weighted by molar-refractivity contribution is 5.20. The van der Waals surface area contributed by atoms with Crippen LogP contribution in [-0.2, 0) is 11.3 Å². The third kappa shape index (κ3) is 2.90. The summed E-state index contributed by atoms with van der Waals surface area (Å²) >= 11 is 0. The lowest BCUT2D eigenvalue weighted by Crippen LogP contribution is -2.25. The number of ether oxygens (including phenoxy) is 1. The number of aliphatic hydroxyl groups is 1. The number of benzene rings is 2. The lowest BCUT2D eigenvalue weighted by Gasteiger charge is -2.23. The molecule has 3 nitrogen and oxygen atoms in total. The maximum Gasteiger partial charge on any atom is 0.137 e. The average molecular weight is 269 g/mol. The monoisotopic (exact) mass is 269 g/mol. The maximum absolute atomic E-state index is 9.36. The van der Waals surface area contributed by atoms with Crippen molar-refractivity contribution in [3.8, 4) is 0 Å². The van der Waals surface area contributed by atoms with Crippen LogP contribution in [0, 0.1) is 0 Å². The molecule has 1 saturated heterocycles. The minimum absolute atomic E-state index is 0.0641. The van der Waals surface area contributed by atoms with Gasteiger partial charge in [-0.1, -0.05) is 60.7 Å². The first-order valence-electron chi connectivity index (χ1n) is 6.96. The molecule has 1 fully saturated rings. The molecular weight excluding hydrogens is 250 g/mol. The Hall–Kier alpha value is -1.68. The van der Waals surface area contributed by atoms with E-state index in [0.29, 0.717) is 0 Å². The molecule has 2 atom stereocenters. The average Bonchev–Trinajstić information content (AvgIpc) is 2.92. The van der Waals surface area contributed by atoms with E-state index in [1.165, 1.54) is 5.56 Å². The van der Waals surface area contributed by atoms with E-state index in [4.69, 9.17) is 4.74 Å². The normalized spacial score (nSPS) is 23.1. The molecule has 104 valence electrons. The van der Waals surface area contributed by atoms with E-state index in [-0.39, 0.29) is 18.9 Å². The summed E-state index contributed by atoms with van der Waals surface area (Å²) in [5.41, 5.74) is 2.40. The molecule has 0 saturated carbocycles.